The zero-order valence-corrected chi connectivity index (χ0v) is 11.2. The molecule has 1 atom stereocenters. The Morgan fingerprint density at radius 2 is 2.06 bits per heavy atom. The zero-order chi connectivity index (χ0) is 13.7. The van der Waals surface area contributed by atoms with Crippen LogP contribution in [-0.4, -0.2) is 24.2 Å². The van der Waals surface area contributed by atoms with Gasteiger partial charge in [-0.3, -0.25) is 4.79 Å². The lowest BCUT2D eigenvalue weighted by atomic mass is 9.98. The van der Waals surface area contributed by atoms with E-state index in [0.29, 0.717) is 6.42 Å². The molecule has 4 heteroatoms. The van der Waals surface area contributed by atoms with E-state index < -0.39 is 12.0 Å². The topological polar surface area (TPSA) is 72.5 Å². The second-order valence-corrected chi connectivity index (χ2v) is 4.59. The highest BCUT2D eigenvalue weighted by atomic mass is 16.5. The summed E-state index contributed by atoms with van der Waals surface area (Å²) in [5.41, 5.74) is 8.97. The predicted molar refractivity (Wildman–Crippen MR) is 71.0 cm³/mol. The summed E-state index contributed by atoms with van der Waals surface area (Å²) in [7, 11) is 1.66. The number of hydrogen-bond donors (Lipinski definition) is 2. The summed E-state index contributed by atoms with van der Waals surface area (Å²) in [6.07, 6.45) is 2.12. The molecule has 0 heterocycles. The number of aliphatic carboxylic acids is 1. The fraction of sp³-hybridized carbons (Fsp3) is 0.500. The van der Waals surface area contributed by atoms with Crippen molar-refractivity contribution >= 4 is 5.97 Å². The van der Waals surface area contributed by atoms with Gasteiger partial charge in [-0.25, -0.2) is 0 Å². The average molecular weight is 251 g/mol. The van der Waals surface area contributed by atoms with Gasteiger partial charge in [0.1, 0.15) is 11.8 Å². The molecule has 0 saturated heterocycles. The van der Waals surface area contributed by atoms with E-state index in [2.05, 4.69) is 6.07 Å². The van der Waals surface area contributed by atoms with Crippen LogP contribution in [-0.2, 0) is 11.2 Å². The summed E-state index contributed by atoms with van der Waals surface area (Å²) < 4.78 is 5.26. The minimum Gasteiger partial charge on any atom is -0.496 e. The van der Waals surface area contributed by atoms with E-state index in [1.165, 1.54) is 11.1 Å². The van der Waals surface area contributed by atoms with Crippen molar-refractivity contribution in [2.75, 3.05) is 7.11 Å². The normalized spacial score (nSPS) is 12.2. The Bertz CT molecular complexity index is 429. The van der Waals surface area contributed by atoms with E-state index in [0.717, 1.165) is 24.2 Å². The number of rotatable bonds is 6. The lowest BCUT2D eigenvalue weighted by Gasteiger charge is -2.12. The zero-order valence-electron chi connectivity index (χ0n) is 11.2. The summed E-state index contributed by atoms with van der Waals surface area (Å²) in [6.45, 7) is 4.04. The molecule has 0 aliphatic carbocycles. The standard InChI is InChI=1S/C14H21NO3/c1-9-8-13(18-3)10(2)7-11(9)5-4-6-12(15)14(16)17/h7-8,12H,4-6,15H2,1-3H3,(H,16,17). The summed E-state index contributed by atoms with van der Waals surface area (Å²) in [6, 6.07) is 3.35. The van der Waals surface area contributed by atoms with Gasteiger partial charge in [0.2, 0.25) is 0 Å². The number of hydrogen-bond acceptors (Lipinski definition) is 3. The van der Waals surface area contributed by atoms with Crippen molar-refractivity contribution in [2.45, 2.75) is 39.2 Å². The smallest absolute Gasteiger partial charge is 0.320 e. The van der Waals surface area contributed by atoms with Gasteiger partial charge >= 0.3 is 5.97 Å². The van der Waals surface area contributed by atoms with Crippen LogP contribution in [0.15, 0.2) is 12.1 Å². The molecule has 0 aromatic heterocycles. The summed E-state index contributed by atoms with van der Waals surface area (Å²) in [4.78, 5) is 10.6. The molecule has 0 aliphatic rings. The van der Waals surface area contributed by atoms with Gasteiger partial charge < -0.3 is 15.6 Å². The minimum absolute atomic E-state index is 0.500. The second-order valence-electron chi connectivity index (χ2n) is 4.59. The van der Waals surface area contributed by atoms with Crippen molar-refractivity contribution in [1.82, 2.24) is 0 Å². The van der Waals surface area contributed by atoms with Crippen LogP contribution in [0.5, 0.6) is 5.75 Å². The number of methoxy groups -OCH3 is 1. The van der Waals surface area contributed by atoms with Crippen LogP contribution in [0.4, 0.5) is 0 Å². The number of carbonyl (C=O) groups is 1. The van der Waals surface area contributed by atoms with E-state index in [1.54, 1.807) is 7.11 Å². The van der Waals surface area contributed by atoms with Gasteiger partial charge in [0.25, 0.3) is 0 Å². The van der Waals surface area contributed by atoms with Crippen LogP contribution in [0.3, 0.4) is 0 Å². The quantitative estimate of drug-likeness (QED) is 0.811. The molecule has 1 aromatic rings. The number of ether oxygens (including phenoxy) is 1. The molecular weight excluding hydrogens is 230 g/mol. The molecule has 1 rings (SSSR count). The van der Waals surface area contributed by atoms with Gasteiger partial charge in [0.05, 0.1) is 7.11 Å². The molecule has 0 saturated carbocycles. The number of benzene rings is 1. The molecule has 100 valence electrons. The maximum absolute atomic E-state index is 10.6. The van der Waals surface area contributed by atoms with Crippen LogP contribution in [0.25, 0.3) is 0 Å². The van der Waals surface area contributed by atoms with Crippen molar-refractivity contribution in [3.8, 4) is 5.75 Å². The molecule has 0 fully saturated rings. The van der Waals surface area contributed by atoms with Gasteiger partial charge in [-0.2, -0.15) is 0 Å². The lowest BCUT2D eigenvalue weighted by Crippen LogP contribution is -2.29. The Kier molecular flexibility index (Phi) is 5.16. The SMILES string of the molecule is COc1cc(C)c(CCCC(N)C(=O)O)cc1C. The fourth-order valence-electron chi connectivity index (χ4n) is 1.97. The third kappa shape index (κ3) is 3.74. The monoisotopic (exact) mass is 251 g/mol. The molecule has 18 heavy (non-hydrogen) atoms. The first-order chi connectivity index (χ1) is 8.45. The predicted octanol–water partition coefficient (Wildman–Crippen LogP) is 2.05. The van der Waals surface area contributed by atoms with E-state index in [4.69, 9.17) is 15.6 Å². The molecule has 1 aromatic carbocycles. The first kappa shape index (κ1) is 14.5. The van der Waals surface area contributed by atoms with Crippen LogP contribution in [0, 0.1) is 13.8 Å². The van der Waals surface area contributed by atoms with Crippen LogP contribution in [0.1, 0.15) is 29.5 Å². The molecule has 0 radical (unpaired) electrons. The molecule has 0 amide bonds. The number of aryl methyl sites for hydroxylation is 3. The largest absolute Gasteiger partial charge is 0.496 e. The summed E-state index contributed by atoms with van der Waals surface area (Å²) >= 11 is 0. The molecule has 3 N–H and O–H groups in total. The van der Waals surface area contributed by atoms with E-state index >= 15 is 0 Å². The van der Waals surface area contributed by atoms with Gasteiger partial charge in [-0.15, -0.1) is 0 Å². The second kappa shape index (κ2) is 6.40. The van der Waals surface area contributed by atoms with Crippen molar-refractivity contribution < 1.29 is 14.6 Å². The fourth-order valence-corrected chi connectivity index (χ4v) is 1.97. The minimum atomic E-state index is -0.933. The average Bonchev–Trinajstić information content (AvgIpc) is 2.32. The Balaban J connectivity index is 2.63. The first-order valence-corrected chi connectivity index (χ1v) is 6.08. The van der Waals surface area contributed by atoms with Crippen molar-refractivity contribution in [2.24, 2.45) is 5.73 Å². The third-order valence-corrected chi connectivity index (χ3v) is 3.13. The van der Waals surface area contributed by atoms with Crippen molar-refractivity contribution in [3.05, 3.63) is 28.8 Å². The van der Waals surface area contributed by atoms with E-state index in [9.17, 15) is 4.79 Å². The maximum Gasteiger partial charge on any atom is 0.320 e. The van der Waals surface area contributed by atoms with Crippen LogP contribution >= 0.6 is 0 Å². The maximum atomic E-state index is 10.6. The van der Waals surface area contributed by atoms with Crippen LogP contribution in [0.2, 0.25) is 0 Å². The molecular formula is C14H21NO3. The molecule has 0 aliphatic heterocycles. The Morgan fingerprint density at radius 3 is 2.61 bits per heavy atom. The van der Waals surface area contributed by atoms with Crippen molar-refractivity contribution in [1.29, 1.82) is 0 Å². The van der Waals surface area contributed by atoms with E-state index in [-0.39, 0.29) is 0 Å². The number of carboxylic acid groups (broad SMARTS) is 1. The molecule has 4 nitrogen and oxygen atoms in total. The summed E-state index contributed by atoms with van der Waals surface area (Å²) in [5.74, 6) is -0.0453. The van der Waals surface area contributed by atoms with Gasteiger partial charge in [-0.05, 0) is 55.9 Å². The lowest BCUT2D eigenvalue weighted by molar-refractivity contribution is -0.138. The van der Waals surface area contributed by atoms with Crippen molar-refractivity contribution in [3.63, 3.8) is 0 Å². The molecule has 1 unspecified atom stereocenters. The highest BCUT2D eigenvalue weighted by molar-refractivity contribution is 5.72. The summed E-state index contributed by atoms with van der Waals surface area (Å²) in [5, 5.41) is 8.70. The van der Waals surface area contributed by atoms with Gasteiger partial charge in [-0.1, -0.05) is 6.07 Å². The Morgan fingerprint density at radius 1 is 1.39 bits per heavy atom. The molecule has 0 bridgehead atoms. The van der Waals surface area contributed by atoms with E-state index in [1.807, 2.05) is 19.9 Å². The Hall–Kier alpha value is -1.55. The van der Waals surface area contributed by atoms with Crippen LogP contribution < -0.4 is 10.5 Å². The number of carboxylic acids is 1. The molecule has 0 spiro atoms. The first-order valence-electron chi connectivity index (χ1n) is 6.08. The van der Waals surface area contributed by atoms with Gasteiger partial charge in [0, 0.05) is 0 Å². The number of nitrogens with two attached hydrogens (primary N) is 1. The Labute approximate surface area is 108 Å². The third-order valence-electron chi connectivity index (χ3n) is 3.13. The highest BCUT2D eigenvalue weighted by Crippen LogP contribution is 2.23. The highest BCUT2D eigenvalue weighted by Gasteiger charge is 2.11. The van der Waals surface area contributed by atoms with Gasteiger partial charge in [0.15, 0.2) is 0 Å².